The average molecular weight is 339 g/mol. The summed E-state index contributed by atoms with van der Waals surface area (Å²) in [7, 11) is 0. The Morgan fingerprint density at radius 1 is 1.25 bits per heavy atom. The van der Waals surface area contributed by atoms with Crippen molar-refractivity contribution < 1.29 is 0 Å². The van der Waals surface area contributed by atoms with Crippen LogP contribution < -0.4 is 5.32 Å². The predicted octanol–water partition coefficient (Wildman–Crippen LogP) is 3.97. The number of hydrogen-bond donors (Lipinski definition) is 1. The van der Waals surface area contributed by atoms with E-state index in [4.69, 9.17) is 0 Å². The smallest absolute Gasteiger partial charge is 0.0243 e. The first-order valence-electron chi connectivity index (χ1n) is 7.77. The SMILES string of the molecule is Cc1ccc(CNCC(C(C)C)N2CCCC2)c(Br)c1. The fourth-order valence-corrected chi connectivity index (χ4v) is 3.64. The van der Waals surface area contributed by atoms with Crippen LogP contribution in [-0.2, 0) is 6.54 Å². The molecule has 1 aromatic rings. The molecular formula is C17H27BrN2. The molecule has 0 saturated carbocycles. The third kappa shape index (κ3) is 4.31. The summed E-state index contributed by atoms with van der Waals surface area (Å²) >= 11 is 3.66. The maximum absolute atomic E-state index is 3.66. The number of rotatable bonds is 6. The lowest BCUT2D eigenvalue weighted by atomic mass is 10.0. The van der Waals surface area contributed by atoms with Crippen molar-refractivity contribution in [1.29, 1.82) is 0 Å². The number of hydrogen-bond acceptors (Lipinski definition) is 2. The topological polar surface area (TPSA) is 15.3 Å². The summed E-state index contributed by atoms with van der Waals surface area (Å²) < 4.78 is 1.22. The van der Waals surface area contributed by atoms with Gasteiger partial charge in [-0.3, -0.25) is 4.90 Å². The first-order chi connectivity index (χ1) is 9.58. The van der Waals surface area contributed by atoms with E-state index in [1.165, 1.54) is 41.5 Å². The fraction of sp³-hybridized carbons (Fsp3) is 0.647. The molecule has 2 nitrogen and oxygen atoms in total. The van der Waals surface area contributed by atoms with Crippen LogP contribution in [0.2, 0.25) is 0 Å². The van der Waals surface area contributed by atoms with Gasteiger partial charge in [0.05, 0.1) is 0 Å². The van der Waals surface area contributed by atoms with Crippen LogP contribution in [0.1, 0.15) is 37.8 Å². The Kier molecular flexibility index (Phi) is 6.06. The molecule has 0 aromatic heterocycles. The molecule has 1 aliphatic rings. The van der Waals surface area contributed by atoms with Gasteiger partial charge in [-0.05, 0) is 56.0 Å². The van der Waals surface area contributed by atoms with E-state index in [0.29, 0.717) is 12.0 Å². The summed E-state index contributed by atoms with van der Waals surface area (Å²) in [6.07, 6.45) is 2.74. The van der Waals surface area contributed by atoms with Gasteiger partial charge in [-0.15, -0.1) is 0 Å². The van der Waals surface area contributed by atoms with Crippen LogP contribution in [0, 0.1) is 12.8 Å². The van der Waals surface area contributed by atoms with E-state index in [-0.39, 0.29) is 0 Å². The van der Waals surface area contributed by atoms with E-state index in [0.717, 1.165) is 13.1 Å². The number of benzene rings is 1. The first kappa shape index (κ1) is 16.0. The van der Waals surface area contributed by atoms with E-state index in [1.807, 2.05) is 0 Å². The van der Waals surface area contributed by atoms with Crippen molar-refractivity contribution in [3.8, 4) is 0 Å². The minimum Gasteiger partial charge on any atom is -0.311 e. The summed E-state index contributed by atoms with van der Waals surface area (Å²) in [5.74, 6) is 0.710. The van der Waals surface area contributed by atoms with E-state index in [1.54, 1.807) is 0 Å². The zero-order chi connectivity index (χ0) is 14.5. The molecular weight excluding hydrogens is 312 g/mol. The van der Waals surface area contributed by atoms with Gasteiger partial charge >= 0.3 is 0 Å². The molecule has 1 aromatic carbocycles. The molecule has 0 amide bonds. The second-order valence-corrected chi connectivity index (χ2v) is 7.13. The Morgan fingerprint density at radius 3 is 2.55 bits per heavy atom. The monoisotopic (exact) mass is 338 g/mol. The molecule has 3 heteroatoms. The van der Waals surface area contributed by atoms with E-state index < -0.39 is 0 Å². The maximum atomic E-state index is 3.66. The number of likely N-dealkylation sites (tertiary alicyclic amines) is 1. The van der Waals surface area contributed by atoms with E-state index >= 15 is 0 Å². The molecule has 1 saturated heterocycles. The zero-order valence-electron chi connectivity index (χ0n) is 13.0. The van der Waals surface area contributed by atoms with Crippen molar-refractivity contribution in [3.05, 3.63) is 33.8 Å². The highest BCUT2D eigenvalue weighted by atomic mass is 79.9. The van der Waals surface area contributed by atoms with Crippen molar-refractivity contribution in [2.75, 3.05) is 19.6 Å². The lowest BCUT2D eigenvalue weighted by Crippen LogP contribution is -2.44. The van der Waals surface area contributed by atoms with E-state index in [2.05, 4.69) is 65.1 Å². The van der Waals surface area contributed by atoms with Crippen LogP contribution in [-0.4, -0.2) is 30.6 Å². The third-order valence-corrected chi connectivity index (χ3v) is 4.99. The van der Waals surface area contributed by atoms with Gasteiger partial charge in [0.2, 0.25) is 0 Å². The molecule has 112 valence electrons. The molecule has 0 spiro atoms. The molecule has 0 bridgehead atoms. The summed E-state index contributed by atoms with van der Waals surface area (Å²) in [4.78, 5) is 2.65. The van der Waals surface area contributed by atoms with Gasteiger partial charge in [-0.2, -0.15) is 0 Å². The van der Waals surface area contributed by atoms with Gasteiger partial charge in [-0.1, -0.05) is 41.9 Å². The molecule has 1 atom stereocenters. The lowest BCUT2D eigenvalue weighted by Gasteiger charge is -2.31. The van der Waals surface area contributed by atoms with Gasteiger partial charge in [0, 0.05) is 23.6 Å². The van der Waals surface area contributed by atoms with Crippen LogP contribution in [0.5, 0.6) is 0 Å². The quantitative estimate of drug-likeness (QED) is 0.844. The normalized spacial score (nSPS) is 17.9. The number of nitrogens with zero attached hydrogens (tertiary/aromatic N) is 1. The standard InChI is InChI=1S/C17H27BrN2/c1-13(2)17(20-8-4-5-9-20)12-19-11-15-7-6-14(3)10-16(15)18/h6-7,10,13,17,19H,4-5,8-9,11-12H2,1-3H3. The van der Waals surface area contributed by atoms with Gasteiger partial charge in [0.1, 0.15) is 0 Å². The van der Waals surface area contributed by atoms with Crippen LogP contribution in [0.4, 0.5) is 0 Å². The highest BCUT2D eigenvalue weighted by Crippen LogP contribution is 2.19. The minimum absolute atomic E-state index is 0.668. The van der Waals surface area contributed by atoms with Crippen LogP contribution in [0.15, 0.2) is 22.7 Å². The molecule has 1 fully saturated rings. The summed E-state index contributed by atoms with van der Waals surface area (Å²) in [6.45, 7) is 11.4. The second-order valence-electron chi connectivity index (χ2n) is 6.28. The van der Waals surface area contributed by atoms with Crippen molar-refractivity contribution in [2.45, 2.75) is 46.2 Å². The maximum Gasteiger partial charge on any atom is 0.0243 e. The molecule has 20 heavy (non-hydrogen) atoms. The number of aryl methyl sites for hydroxylation is 1. The average Bonchev–Trinajstić information content (AvgIpc) is 2.90. The highest BCUT2D eigenvalue weighted by molar-refractivity contribution is 9.10. The summed E-state index contributed by atoms with van der Waals surface area (Å²) in [5.41, 5.74) is 2.65. The first-order valence-corrected chi connectivity index (χ1v) is 8.57. The van der Waals surface area contributed by atoms with Crippen molar-refractivity contribution in [2.24, 2.45) is 5.92 Å². The van der Waals surface area contributed by atoms with Crippen LogP contribution in [0.25, 0.3) is 0 Å². The van der Waals surface area contributed by atoms with Gasteiger partial charge < -0.3 is 5.32 Å². The number of halogens is 1. The molecule has 2 rings (SSSR count). The van der Waals surface area contributed by atoms with Crippen LogP contribution in [0.3, 0.4) is 0 Å². The zero-order valence-corrected chi connectivity index (χ0v) is 14.5. The third-order valence-electron chi connectivity index (χ3n) is 4.26. The second kappa shape index (κ2) is 7.58. The van der Waals surface area contributed by atoms with Crippen molar-refractivity contribution in [1.82, 2.24) is 10.2 Å². The molecule has 0 radical (unpaired) electrons. The Morgan fingerprint density at radius 2 is 1.95 bits per heavy atom. The van der Waals surface area contributed by atoms with Gasteiger partial charge in [-0.25, -0.2) is 0 Å². The summed E-state index contributed by atoms with van der Waals surface area (Å²) in [5, 5.41) is 3.65. The number of nitrogens with one attached hydrogen (secondary N) is 1. The Balaban J connectivity index is 1.86. The fourth-order valence-electron chi connectivity index (χ4n) is 3.01. The van der Waals surface area contributed by atoms with Crippen molar-refractivity contribution in [3.63, 3.8) is 0 Å². The molecule has 1 heterocycles. The Hall–Kier alpha value is -0.380. The van der Waals surface area contributed by atoms with Gasteiger partial charge in [0.15, 0.2) is 0 Å². The molecule has 1 unspecified atom stereocenters. The highest BCUT2D eigenvalue weighted by Gasteiger charge is 2.23. The van der Waals surface area contributed by atoms with Gasteiger partial charge in [0.25, 0.3) is 0 Å². The molecule has 1 aliphatic heterocycles. The largest absolute Gasteiger partial charge is 0.311 e. The molecule has 0 aliphatic carbocycles. The molecule has 1 N–H and O–H groups in total. The Labute approximate surface area is 132 Å². The lowest BCUT2D eigenvalue weighted by molar-refractivity contribution is 0.186. The Bertz CT molecular complexity index is 425. The van der Waals surface area contributed by atoms with Crippen LogP contribution >= 0.6 is 15.9 Å². The van der Waals surface area contributed by atoms with E-state index in [9.17, 15) is 0 Å². The van der Waals surface area contributed by atoms with Crippen molar-refractivity contribution >= 4 is 15.9 Å². The minimum atomic E-state index is 0.668. The predicted molar refractivity (Wildman–Crippen MR) is 90.0 cm³/mol. The summed E-state index contributed by atoms with van der Waals surface area (Å²) in [6, 6.07) is 7.26.